The quantitative estimate of drug-likeness (QED) is 0.556. The number of benzene rings is 1. The number of nitrogens with zero attached hydrogens (tertiary/aromatic N) is 1. The third-order valence-electron chi connectivity index (χ3n) is 2.15. The molecule has 1 aromatic rings. The lowest BCUT2D eigenvalue weighted by Gasteiger charge is -2.14. The molecule has 3 heteroatoms. The van der Waals surface area contributed by atoms with Crippen LogP contribution in [0.25, 0.3) is 0 Å². The van der Waals surface area contributed by atoms with E-state index < -0.39 is 0 Å². The zero-order chi connectivity index (χ0) is 11.1. The Morgan fingerprint density at radius 3 is 2.47 bits per heavy atom. The highest BCUT2D eigenvalue weighted by atomic mass is 35.5. The van der Waals surface area contributed by atoms with Gasteiger partial charge in [-0.15, -0.1) is 23.4 Å². The van der Waals surface area contributed by atoms with Gasteiger partial charge in [0.15, 0.2) is 0 Å². The zero-order valence-corrected chi connectivity index (χ0v) is 10.9. The number of alkyl halides is 1. The van der Waals surface area contributed by atoms with E-state index in [0.717, 1.165) is 18.8 Å². The molecule has 0 aromatic heterocycles. The van der Waals surface area contributed by atoms with Crippen LogP contribution in [0.3, 0.4) is 0 Å². The van der Waals surface area contributed by atoms with Crippen molar-refractivity contribution in [3.63, 3.8) is 0 Å². The van der Waals surface area contributed by atoms with Crippen LogP contribution in [0.1, 0.15) is 12.5 Å². The van der Waals surface area contributed by atoms with E-state index in [0.29, 0.717) is 5.88 Å². The molecular weight excluding hydrogens is 226 g/mol. The van der Waals surface area contributed by atoms with Gasteiger partial charge in [0.2, 0.25) is 0 Å². The summed E-state index contributed by atoms with van der Waals surface area (Å²) in [5, 5.41) is 0. The Morgan fingerprint density at radius 2 is 1.93 bits per heavy atom. The molecule has 15 heavy (non-hydrogen) atoms. The van der Waals surface area contributed by atoms with E-state index in [-0.39, 0.29) is 0 Å². The van der Waals surface area contributed by atoms with E-state index in [2.05, 4.69) is 43.1 Å². The molecule has 0 bridgehead atoms. The van der Waals surface area contributed by atoms with E-state index in [4.69, 9.17) is 11.6 Å². The van der Waals surface area contributed by atoms with Crippen molar-refractivity contribution in [1.82, 2.24) is 4.90 Å². The minimum atomic E-state index is 0.695. The topological polar surface area (TPSA) is 3.24 Å². The molecule has 0 amide bonds. The van der Waals surface area contributed by atoms with Crippen molar-refractivity contribution < 1.29 is 0 Å². The lowest BCUT2D eigenvalue weighted by Crippen LogP contribution is -2.19. The first-order valence-electron chi connectivity index (χ1n) is 5.22. The van der Waals surface area contributed by atoms with Crippen molar-refractivity contribution in [2.75, 3.05) is 25.2 Å². The second-order valence-corrected chi connectivity index (χ2v) is 5.22. The predicted octanol–water partition coefficient (Wildman–Crippen LogP) is 3.47. The summed E-state index contributed by atoms with van der Waals surface area (Å²) in [4.78, 5) is 3.58. The van der Waals surface area contributed by atoms with Crippen molar-refractivity contribution in [2.45, 2.75) is 18.4 Å². The van der Waals surface area contributed by atoms with Crippen molar-refractivity contribution in [1.29, 1.82) is 0 Å². The fourth-order valence-corrected chi connectivity index (χ4v) is 2.34. The van der Waals surface area contributed by atoms with Gasteiger partial charge in [-0.05, 0) is 30.5 Å². The van der Waals surface area contributed by atoms with Crippen LogP contribution in [0, 0.1) is 0 Å². The van der Waals surface area contributed by atoms with Crippen molar-refractivity contribution >= 4 is 23.4 Å². The zero-order valence-electron chi connectivity index (χ0n) is 9.37. The molecule has 1 rings (SSSR count). The number of hydrogen-bond donors (Lipinski definition) is 0. The second kappa shape index (κ2) is 7.15. The minimum Gasteiger partial charge on any atom is -0.301 e. The van der Waals surface area contributed by atoms with Crippen LogP contribution in [-0.2, 0) is 6.54 Å². The Labute approximate surface area is 102 Å². The summed E-state index contributed by atoms with van der Waals surface area (Å²) in [6, 6.07) is 8.78. The van der Waals surface area contributed by atoms with E-state index in [9.17, 15) is 0 Å². The molecule has 0 unspecified atom stereocenters. The van der Waals surface area contributed by atoms with Gasteiger partial charge in [0.1, 0.15) is 0 Å². The normalized spacial score (nSPS) is 10.9. The first-order chi connectivity index (χ1) is 7.26. The molecule has 0 aliphatic heterocycles. The smallest absolute Gasteiger partial charge is 0.0351 e. The van der Waals surface area contributed by atoms with Crippen molar-refractivity contribution in [3.8, 4) is 0 Å². The summed E-state index contributed by atoms with van der Waals surface area (Å²) >= 11 is 7.56. The Kier molecular flexibility index (Phi) is 6.15. The van der Waals surface area contributed by atoms with Crippen LogP contribution in [0.2, 0.25) is 0 Å². The Balaban J connectivity index is 2.48. The largest absolute Gasteiger partial charge is 0.301 e. The molecule has 0 atom stereocenters. The molecule has 0 aliphatic carbocycles. The fraction of sp³-hybridized carbons (Fsp3) is 0.500. The van der Waals surface area contributed by atoms with E-state index in [1.165, 1.54) is 10.5 Å². The van der Waals surface area contributed by atoms with Crippen LogP contribution in [-0.4, -0.2) is 30.1 Å². The van der Waals surface area contributed by atoms with Crippen LogP contribution in [0.15, 0.2) is 29.2 Å². The Hall–Kier alpha value is -0.180. The number of thioether (sulfide) groups is 1. The molecule has 0 fully saturated rings. The molecule has 0 aliphatic rings. The number of hydrogen-bond acceptors (Lipinski definition) is 2. The average molecular weight is 244 g/mol. The molecule has 0 spiro atoms. The lowest BCUT2D eigenvalue weighted by molar-refractivity contribution is 0.348. The highest BCUT2D eigenvalue weighted by molar-refractivity contribution is 7.99. The van der Waals surface area contributed by atoms with E-state index >= 15 is 0 Å². The van der Waals surface area contributed by atoms with Gasteiger partial charge in [0, 0.05) is 23.9 Å². The van der Waals surface area contributed by atoms with Crippen LogP contribution >= 0.6 is 23.4 Å². The monoisotopic (exact) mass is 243 g/mol. The molecule has 0 radical (unpaired) electrons. The van der Waals surface area contributed by atoms with Crippen LogP contribution in [0.4, 0.5) is 0 Å². The third-order valence-corrected chi connectivity index (χ3v) is 3.22. The summed E-state index contributed by atoms with van der Waals surface area (Å²) in [5.74, 6) is 1.83. The Morgan fingerprint density at radius 1 is 1.27 bits per heavy atom. The summed E-state index contributed by atoms with van der Waals surface area (Å²) in [6.07, 6.45) is 0. The van der Waals surface area contributed by atoms with E-state index in [1.54, 1.807) is 0 Å². The molecule has 0 N–H and O–H groups in total. The fourth-order valence-electron chi connectivity index (χ4n) is 1.39. The predicted molar refractivity (Wildman–Crippen MR) is 69.9 cm³/mol. The molecule has 1 aromatic carbocycles. The summed E-state index contributed by atoms with van der Waals surface area (Å²) in [5.41, 5.74) is 1.35. The summed E-state index contributed by atoms with van der Waals surface area (Å²) in [7, 11) is 2.09. The van der Waals surface area contributed by atoms with E-state index in [1.807, 2.05) is 11.8 Å². The highest BCUT2D eigenvalue weighted by Gasteiger charge is 1.99. The maximum atomic E-state index is 5.68. The first kappa shape index (κ1) is 12.9. The molecule has 0 saturated carbocycles. The lowest BCUT2D eigenvalue weighted by atomic mass is 10.2. The van der Waals surface area contributed by atoms with Crippen molar-refractivity contribution in [3.05, 3.63) is 29.8 Å². The van der Waals surface area contributed by atoms with Gasteiger partial charge < -0.3 is 4.90 Å². The van der Waals surface area contributed by atoms with Crippen molar-refractivity contribution in [2.24, 2.45) is 0 Å². The maximum absolute atomic E-state index is 5.68. The minimum absolute atomic E-state index is 0.695. The molecule has 1 nitrogen and oxygen atoms in total. The average Bonchev–Trinajstić information content (AvgIpc) is 2.22. The van der Waals surface area contributed by atoms with Gasteiger partial charge in [0.05, 0.1) is 0 Å². The van der Waals surface area contributed by atoms with Gasteiger partial charge >= 0.3 is 0 Å². The highest BCUT2D eigenvalue weighted by Crippen LogP contribution is 2.18. The van der Waals surface area contributed by atoms with Gasteiger partial charge in [-0.1, -0.05) is 19.1 Å². The van der Waals surface area contributed by atoms with Gasteiger partial charge in [-0.3, -0.25) is 0 Å². The molecular formula is C12H18ClNS. The third kappa shape index (κ3) is 4.92. The summed E-state index contributed by atoms with van der Waals surface area (Å²) < 4.78 is 0. The maximum Gasteiger partial charge on any atom is 0.0351 e. The standard InChI is InChI=1S/C12H18ClNS/c1-3-15-12-6-4-11(5-7-12)10-14(2)9-8-13/h4-7H,3,8-10H2,1-2H3. The first-order valence-corrected chi connectivity index (χ1v) is 6.74. The van der Waals surface area contributed by atoms with Gasteiger partial charge in [-0.25, -0.2) is 0 Å². The molecule has 0 saturated heterocycles. The van der Waals surface area contributed by atoms with Crippen LogP contribution in [0.5, 0.6) is 0 Å². The number of halogens is 1. The SMILES string of the molecule is CCSc1ccc(CN(C)CCCl)cc1. The second-order valence-electron chi connectivity index (χ2n) is 3.50. The van der Waals surface area contributed by atoms with Crippen LogP contribution < -0.4 is 0 Å². The number of rotatable bonds is 6. The molecule has 0 heterocycles. The van der Waals surface area contributed by atoms with Gasteiger partial charge in [0.25, 0.3) is 0 Å². The summed E-state index contributed by atoms with van der Waals surface area (Å²) in [6.45, 7) is 4.09. The van der Waals surface area contributed by atoms with Gasteiger partial charge in [-0.2, -0.15) is 0 Å². The Bertz CT molecular complexity index is 273. The molecule has 84 valence electrons.